The first-order valence-electron chi connectivity index (χ1n) is 7.00. The minimum Gasteiger partial charge on any atom is -0.480 e. The van der Waals surface area contributed by atoms with Crippen LogP contribution in [0.5, 0.6) is 5.75 Å². The third-order valence-corrected chi connectivity index (χ3v) is 4.50. The zero-order valence-electron chi connectivity index (χ0n) is 12.1. The molecule has 0 radical (unpaired) electrons. The van der Waals surface area contributed by atoms with E-state index in [2.05, 4.69) is 21.2 Å². The molecule has 1 aromatic rings. The highest BCUT2D eigenvalue weighted by Crippen LogP contribution is 2.29. The van der Waals surface area contributed by atoms with Crippen LogP contribution < -0.4 is 15.8 Å². The third-order valence-electron chi connectivity index (χ3n) is 3.85. The number of amides is 1. The summed E-state index contributed by atoms with van der Waals surface area (Å²) in [4.78, 5) is 12.3. The van der Waals surface area contributed by atoms with Crippen LogP contribution in [0.3, 0.4) is 0 Å². The van der Waals surface area contributed by atoms with Gasteiger partial charge in [-0.3, -0.25) is 4.79 Å². The summed E-state index contributed by atoms with van der Waals surface area (Å²) in [5, 5.41) is 3.08. The summed E-state index contributed by atoms with van der Waals surface area (Å²) in [6, 6.07) is 7.51. The van der Waals surface area contributed by atoms with Crippen molar-refractivity contribution in [3.05, 3.63) is 28.7 Å². The van der Waals surface area contributed by atoms with Crippen LogP contribution in [-0.2, 0) is 4.79 Å². The molecule has 0 heterocycles. The van der Waals surface area contributed by atoms with Crippen molar-refractivity contribution in [3.8, 4) is 5.75 Å². The van der Waals surface area contributed by atoms with Gasteiger partial charge in [0.1, 0.15) is 5.75 Å². The van der Waals surface area contributed by atoms with E-state index in [1.807, 2.05) is 24.3 Å². The Morgan fingerprint density at radius 1 is 1.43 bits per heavy atom. The van der Waals surface area contributed by atoms with Crippen molar-refractivity contribution < 1.29 is 9.53 Å². The van der Waals surface area contributed by atoms with Crippen LogP contribution in [0.25, 0.3) is 0 Å². The van der Waals surface area contributed by atoms with Gasteiger partial charge < -0.3 is 15.8 Å². The highest BCUT2D eigenvalue weighted by atomic mass is 79.9. The molecule has 0 aliphatic heterocycles. The maximum absolute atomic E-state index is 12.3. The standard InChI is InChI=1S/C15H21BrN2O2.ClH/c1-11(20-13-7-3-2-6-12(13)16)14(19)18-15(10-17)8-4-5-9-15;/h2-3,6-7,11H,4-5,8-10,17H2,1H3,(H,18,19);1H. The lowest BCUT2D eigenvalue weighted by Crippen LogP contribution is -2.54. The van der Waals surface area contributed by atoms with Crippen LogP contribution in [-0.4, -0.2) is 24.1 Å². The van der Waals surface area contributed by atoms with Gasteiger partial charge in [0.05, 0.1) is 10.0 Å². The Bertz CT molecular complexity index is 478. The Morgan fingerprint density at radius 2 is 2.05 bits per heavy atom. The Morgan fingerprint density at radius 3 is 2.62 bits per heavy atom. The van der Waals surface area contributed by atoms with E-state index in [4.69, 9.17) is 10.5 Å². The zero-order chi connectivity index (χ0) is 14.6. The number of carbonyl (C=O) groups excluding carboxylic acids is 1. The summed E-state index contributed by atoms with van der Waals surface area (Å²) >= 11 is 3.41. The number of hydrogen-bond acceptors (Lipinski definition) is 3. The molecule has 1 saturated carbocycles. The van der Waals surface area contributed by atoms with Crippen LogP contribution >= 0.6 is 28.3 Å². The van der Waals surface area contributed by atoms with E-state index in [-0.39, 0.29) is 23.9 Å². The fourth-order valence-corrected chi connectivity index (χ4v) is 2.96. The molecule has 0 saturated heterocycles. The molecule has 118 valence electrons. The first-order valence-corrected chi connectivity index (χ1v) is 7.79. The van der Waals surface area contributed by atoms with Crippen molar-refractivity contribution in [1.29, 1.82) is 0 Å². The van der Waals surface area contributed by atoms with E-state index in [9.17, 15) is 4.79 Å². The quantitative estimate of drug-likeness (QED) is 0.829. The van der Waals surface area contributed by atoms with Gasteiger partial charge >= 0.3 is 0 Å². The second-order valence-corrected chi connectivity index (χ2v) is 6.23. The predicted molar refractivity (Wildman–Crippen MR) is 89.9 cm³/mol. The van der Waals surface area contributed by atoms with Gasteiger partial charge in [0.15, 0.2) is 6.10 Å². The lowest BCUT2D eigenvalue weighted by Gasteiger charge is -2.30. The van der Waals surface area contributed by atoms with Crippen molar-refractivity contribution in [3.63, 3.8) is 0 Å². The summed E-state index contributed by atoms with van der Waals surface area (Å²) in [6.07, 6.45) is 3.61. The minimum atomic E-state index is -0.544. The summed E-state index contributed by atoms with van der Waals surface area (Å²) in [7, 11) is 0. The minimum absolute atomic E-state index is 0. The van der Waals surface area contributed by atoms with Crippen molar-refractivity contribution in [2.24, 2.45) is 5.73 Å². The second-order valence-electron chi connectivity index (χ2n) is 5.37. The molecule has 1 aliphatic rings. The van der Waals surface area contributed by atoms with E-state index in [1.54, 1.807) is 6.92 Å². The molecular formula is C15H22BrClN2O2. The molecule has 1 atom stereocenters. The maximum Gasteiger partial charge on any atom is 0.261 e. The van der Waals surface area contributed by atoms with Crippen LogP contribution in [0.4, 0.5) is 0 Å². The lowest BCUT2D eigenvalue weighted by atomic mass is 9.97. The van der Waals surface area contributed by atoms with Gasteiger partial charge in [0, 0.05) is 6.54 Å². The SMILES string of the molecule is CC(Oc1ccccc1Br)C(=O)NC1(CN)CCCC1.Cl. The highest BCUT2D eigenvalue weighted by molar-refractivity contribution is 9.10. The van der Waals surface area contributed by atoms with Crippen molar-refractivity contribution in [2.75, 3.05) is 6.54 Å². The molecule has 0 aromatic heterocycles. The average molecular weight is 378 g/mol. The molecule has 1 aliphatic carbocycles. The van der Waals surface area contributed by atoms with Crippen molar-refractivity contribution in [2.45, 2.75) is 44.2 Å². The topological polar surface area (TPSA) is 64.3 Å². The molecule has 21 heavy (non-hydrogen) atoms. The predicted octanol–water partition coefficient (Wildman–Crippen LogP) is 3.03. The monoisotopic (exact) mass is 376 g/mol. The van der Waals surface area contributed by atoms with Gasteiger partial charge in [-0.25, -0.2) is 0 Å². The fourth-order valence-electron chi connectivity index (χ4n) is 2.58. The Balaban J connectivity index is 0.00000220. The number of ether oxygens (including phenoxy) is 1. The van der Waals surface area contributed by atoms with Crippen LogP contribution in [0, 0.1) is 0 Å². The van der Waals surface area contributed by atoms with Gasteiger partial charge in [-0.1, -0.05) is 25.0 Å². The molecule has 6 heteroatoms. The number of nitrogens with two attached hydrogens (primary N) is 1. The molecule has 4 nitrogen and oxygen atoms in total. The number of carbonyl (C=O) groups is 1. The van der Waals surface area contributed by atoms with Gasteiger partial charge in [-0.2, -0.15) is 0 Å². The van der Waals surface area contributed by atoms with E-state index >= 15 is 0 Å². The molecular weight excluding hydrogens is 356 g/mol. The van der Waals surface area contributed by atoms with Gasteiger partial charge in [-0.15, -0.1) is 12.4 Å². The first kappa shape index (κ1) is 18.3. The van der Waals surface area contributed by atoms with Crippen LogP contribution in [0.2, 0.25) is 0 Å². The second kappa shape index (κ2) is 8.01. The summed E-state index contributed by atoms with van der Waals surface area (Å²) < 4.78 is 6.55. The average Bonchev–Trinajstić information content (AvgIpc) is 2.90. The van der Waals surface area contributed by atoms with Gasteiger partial charge in [-0.05, 0) is 47.8 Å². The Labute approximate surface area is 140 Å². The third kappa shape index (κ3) is 4.59. The molecule has 3 N–H and O–H groups in total. The largest absolute Gasteiger partial charge is 0.480 e. The number of hydrogen-bond donors (Lipinski definition) is 2. The van der Waals surface area contributed by atoms with E-state index in [1.165, 1.54) is 0 Å². The number of para-hydroxylation sites is 1. The summed E-state index contributed by atoms with van der Waals surface area (Å²) in [6.45, 7) is 2.24. The Kier molecular flexibility index (Phi) is 6.97. The summed E-state index contributed by atoms with van der Waals surface area (Å²) in [5.41, 5.74) is 5.60. The maximum atomic E-state index is 12.3. The molecule has 2 rings (SSSR count). The number of nitrogens with one attached hydrogen (secondary N) is 1. The highest BCUT2D eigenvalue weighted by Gasteiger charge is 2.35. The van der Waals surface area contributed by atoms with Crippen LogP contribution in [0.1, 0.15) is 32.6 Å². The number of benzene rings is 1. The van der Waals surface area contributed by atoms with Gasteiger partial charge in [0.25, 0.3) is 5.91 Å². The smallest absolute Gasteiger partial charge is 0.261 e. The van der Waals surface area contributed by atoms with E-state index in [0.29, 0.717) is 12.3 Å². The zero-order valence-corrected chi connectivity index (χ0v) is 14.5. The van der Waals surface area contributed by atoms with Crippen molar-refractivity contribution in [1.82, 2.24) is 5.32 Å². The van der Waals surface area contributed by atoms with Gasteiger partial charge in [0.2, 0.25) is 0 Å². The number of rotatable bonds is 5. The normalized spacial score (nSPS) is 17.7. The molecule has 1 unspecified atom stereocenters. The fraction of sp³-hybridized carbons (Fsp3) is 0.533. The summed E-state index contributed by atoms with van der Waals surface area (Å²) in [5.74, 6) is 0.566. The molecule has 0 bridgehead atoms. The first-order chi connectivity index (χ1) is 9.56. The van der Waals surface area contributed by atoms with E-state index < -0.39 is 6.10 Å². The molecule has 1 amide bonds. The lowest BCUT2D eigenvalue weighted by molar-refractivity contribution is -0.129. The van der Waals surface area contributed by atoms with Crippen molar-refractivity contribution >= 4 is 34.2 Å². The number of halogens is 2. The molecule has 1 fully saturated rings. The van der Waals surface area contributed by atoms with E-state index in [0.717, 1.165) is 30.2 Å². The Hall–Kier alpha value is -0.780. The molecule has 0 spiro atoms. The molecule has 1 aromatic carbocycles. The van der Waals surface area contributed by atoms with Crippen LogP contribution in [0.15, 0.2) is 28.7 Å².